The molecule has 16 heavy (non-hydrogen) atoms. The van der Waals surface area contributed by atoms with Crippen LogP contribution in [0.5, 0.6) is 0 Å². The number of rotatable bonds is 6. The monoisotopic (exact) mass is 219 g/mol. The summed E-state index contributed by atoms with van der Waals surface area (Å²) in [6.45, 7) is 6.55. The van der Waals surface area contributed by atoms with Crippen LogP contribution in [-0.4, -0.2) is 6.04 Å². The van der Waals surface area contributed by atoms with Gasteiger partial charge in [0, 0.05) is 6.04 Å². The molecular weight excluding hydrogens is 194 g/mol. The van der Waals surface area contributed by atoms with E-state index in [2.05, 4.69) is 39.0 Å². The van der Waals surface area contributed by atoms with Crippen molar-refractivity contribution in [3.63, 3.8) is 0 Å². The molecule has 2 N–H and O–H groups in total. The summed E-state index contributed by atoms with van der Waals surface area (Å²) in [5.41, 5.74) is 10.3. The van der Waals surface area contributed by atoms with Gasteiger partial charge in [0.15, 0.2) is 0 Å². The summed E-state index contributed by atoms with van der Waals surface area (Å²) in [5, 5.41) is 0. The van der Waals surface area contributed by atoms with Gasteiger partial charge in [-0.3, -0.25) is 0 Å². The quantitative estimate of drug-likeness (QED) is 0.724. The predicted molar refractivity (Wildman–Crippen MR) is 71.7 cm³/mol. The van der Waals surface area contributed by atoms with Crippen molar-refractivity contribution in [2.24, 2.45) is 5.73 Å². The molecule has 1 rings (SSSR count). The highest BCUT2D eigenvalue weighted by atomic mass is 14.6. The van der Waals surface area contributed by atoms with Crippen LogP contribution in [0.3, 0.4) is 0 Å². The van der Waals surface area contributed by atoms with Crippen molar-refractivity contribution in [3.8, 4) is 0 Å². The first kappa shape index (κ1) is 13.2. The SMILES string of the molecule is CCCCCC(N)Cc1cc(C)ccc1C. The van der Waals surface area contributed by atoms with E-state index < -0.39 is 0 Å². The number of benzene rings is 1. The standard InChI is InChI=1S/C15H25N/c1-4-5-6-7-15(16)11-14-10-12(2)8-9-13(14)3/h8-10,15H,4-7,11,16H2,1-3H3. The average Bonchev–Trinajstić information content (AvgIpc) is 2.24. The van der Waals surface area contributed by atoms with Crippen LogP contribution in [0.4, 0.5) is 0 Å². The molecule has 1 atom stereocenters. The molecule has 0 saturated heterocycles. The third kappa shape index (κ3) is 4.36. The van der Waals surface area contributed by atoms with E-state index >= 15 is 0 Å². The van der Waals surface area contributed by atoms with Gasteiger partial charge in [-0.25, -0.2) is 0 Å². The Morgan fingerprint density at radius 3 is 2.62 bits per heavy atom. The van der Waals surface area contributed by atoms with E-state index in [-0.39, 0.29) is 0 Å². The molecule has 0 aliphatic heterocycles. The summed E-state index contributed by atoms with van der Waals surface area (Å²) in [6.07, 6.45) is 6.03. The van der Waals surface area contributed by atoms with E-state index in [0.29, 0.717) is 6.04 Å². The zero-order valence-corrected chi connectivity index (χ0v) is 10.9. The maximum Gasteiger partial charge on any atom is 0.00794 e. The molecule has 90 valence electrons. The lowest BCUT2D eigenvalue weighted by Crippen LogP contribution is -2.23. The average molecular weight is 219 g/mol. The smallest absolute Gasteiger partial charge is 0.00794 e. The van der Waals surface area contributed by atoms with E-state index in [0.717, 1.165) is 12.8 Å². The van der Waals surface area contributed by atoms with E-state index in [1.165, 1.54) is 36.0 Å². The fraction of sp³-hybridized carbons (Fsp3) is 0.600. The molecule has 1 aromatic rings. The van der Waals surface area contributed by atoms with Gasteiger partial charge in [-0.2, -0.15) is 0 Å². The second kappa shape index (κ2) is 6.70. The Hall–Kier alpha value is -0.820. The Kier molecular flexibility index (Phi) is 5.54. The van der Waals surface area contributed by atoms with Crippen LogP contribution >= 0.6 is 0 Å². The van der Waals surface area contributed by atoms with Gasteiger partial charge in [-0.05, 0) is 37.8 Å². The van der Waals surface area contributed by atoms with Crippen LogP contribution in [0.2, 0.25) is 0 Å². The van der Waals surface area contributed by atoms with Gasteiger partial charge in [-0.1, -0.05) is 49.9 Å². The number of hydrogen-bond donors (Lipinski definition) is 1. The highest BCUT2D eigenvalue weighted by Gasteiger charge is 2.06. The van der Waals surface area contributed by atoms with Gasteiger partial charge in [-0.15, -0.1) is 0 Å². The zero-order valence-electron chi connectivity index (χ0n) is 10.9. The first-order valence-corrected chi connectivity index (χ1v) is 6.45. The lowest BCUT2D eigenvalue weighted by Gasteiger charge is -2.13. The van der Waals surface area contributed by atoms with Crippen molar-refractivity contribution in [3.05, 3.63) is 34.9 Å². The van der Waals surface area contributed by atoms with Gasteiger partial charge in [0.05, 0.1) is 0 Å². The fourth-order valence-electron chi connectivity index (χ4n) is 2.06. The van der Waals surface area contributed by atoms with Crippen molar-refractivity contribution in [1.82, 2.24) is 0 Å². The Balaban J connectivity index is 2.48. The molecule has 1 heteroatoms. The predicted octanol–water partition coefficient (Wildman–Crippen LogP) is 3.75. The molecule has 0 amide bonds. The molecular formula is C15H25N. The number of hydrogen-bond acceptors (Lipinski definition) is 1. The molecule has 0 heterocycles. The van der Waals surface area contributed by atoms with Crippen molar-refractivity contribution >= 4 is 0 Å². The summed E-state index contributed by atoms with van der Waals surface area (Å²) in [6, 6.07) is 6.96. The van der Waals surface area contributed by atoms with E-state index in [1.807, 2.05) is 0 Å². The van der Waals surface area contributed by atoms with E-state index in [1.54, 1.807) is 0 Å². The second-order valence-electron chi connectivity index (χ2n) is 4.89. The normalized spacial score (nSPS) is 12.8. The highest BCUT2D eigenvalue weighted by molar-refractivity contribution is 5.31. The Morgan fingerprint density at radius 2 is 1.94 bits per heavy atom. The Bertz CT molecular complexity index is 317. The maximum atomic E-state index is 6.17. The zero-order chi connectivity index (χ0) is 12.0. The van der Waals surface area contributed by atoms with Crippen LogP contribution in [0.1, 0.15) is 49.3 Å². The largest absolute Gasteiger partial charge is 0.327 e. The van der Waals surface area contributed by atoms with Crippen LogP contribution in [0, 0.1) is 13.8 Å². The second-order valence-corrected chi connectivity index (χ2v) is 4.89. The molecule has 0 aliphatic rings. The molecule has 0 bridgehead atoms. The van der Waals surface area contributed by atoms with E-state index in [4.69, 9.17) is 5.73 Å². The van der Waals surface area contributed by atoms with Gasteiger partial charge in [0.25, 0.3) is 0 Å². The number of nitrogens with two attached hydrogens (primary N) is 1. The lowest BCUT2D eigenvalue weighted by atomic mass is 9.96. The molecule has 0 aliphatic carbocycles. The van der Waals surface area contributed by atoms with Crippen LogP contribution in [0.15, 0.2) is 18.2 Å². The van der Waals surface area contributed by atoms with Crippen LogP contribution < -0.4 is 5.73 Å². The van der Waals surface area contributed by atoms with Gasteiger partial charge < -0.3 is 5.73 Å². The van der Waals surface area contributed by atoms with Crippen molar-refractivity contribution in [1.29, 1.82) is 0 Å². The van der Waals surface area contributed by atoms with Gasteiger partial charge >= 0.3 is 0 Å². The van der Waals surface area contributed by atoms with E-state index in [9.17, 15) is 0 Å². The minimum absolute atomic E-state index is 0.326. The molecule has 1 nitrogen and oxygen atoms in total. The molecule has 1 aromatic carbocycles. The minimum atomic E-state index is 0.326. The molecule has 0 fully saturated rings. The molecule has 0 saturated carbocycles. The first-order chi connectivity index (χ1) is 7.63. The minimum Gasteiger partial charge on any atom is -0.327 e. The summed E-state index contributed by atoms with van der Waals surface area (Å²) >= 11 is 0. The molecule has 0 aromatic heterocycles. The summed E-state index contributed by atoms with van der Waals surface area (Å²) in [7, 11) is 0. The van der Waals surface area contributed by atoms with Crippen molar-refractivity contribution < 1.29 is 0 Å². The molecule has 1 unspecified atom stereocenters. The fourth-order valence-corrected chi connectivity index (χ4v) is 2.06. The van der Waals surface area contributed by atoms with Crippen molar-refractivity contribution in [2.45, 2.75) is 58.9 Å². The first-order valence-electron chi connectivity index (χ1n) is 6.45. The molecule has 0 spiro atoms. The lowest BCUT2D eigenvalue weighted by molar-refractivity contribution is 0.556. The third-order valence-electron chi connectivity index (χ3n) is 3.17. The Labute approximate surface area is 100 Å². The number of unbranched alkanes of at least 4 members (excludes halogenated alkanes) is 2. The third-order valence-corrected chi connectivity index (χ3v) is 3.17. The highest BCUT2D eigenvalue weighted by Crippen LogP contribution is 2.14. The maximum absolute atomic E-state index is 6.17. The van der Waals surface area contributed by atoms with Gasteiger partial charge in [0.1, 0.15) is 0 Å². The number of aryl methyl sites for hydroxylation is 2. The van der Waals surface area contributed by atoms with Crippen LogP contribution in [-0.2, 0) is 6.42 Å². The van der Waals surface area contributed by atoms with Crippen LogP contribution in [0.25, 0.3) is 0 Å². The molecule has 0 radical (unpaired) electrons. The topological polar surface area (TPSA) is 26.0 Å². The van der Waals surface area contributed by atoms with Crippen molar-refractivity contribution in [2.75, 3.05) is 0 Å². The Morgan fingerprint density at radius 1 is 1.19 bits per heavy atom. The summed E-state index contributed by atoms with van der Waals surface area (Å²) in [4.78, 5) is 0. The van der Waals surface area contributed by atoms with Gasteiger partial charge in [0.2, 0.25) is 0 Å². The summed E-state index contributed by atoms with van der Waals surface area (Å²) < 4.78 is 0. The summed E-state index contributed by atoms with van der Waals surface area (Å²) in [5.74, 6) is 0.